The molecular weight excluding hydrogens is 361 g/mol. The van der Waals surface area contributed by atoms with Gasteiger partial charge < -0.3 is 4.42 Å². The Bertz CT molecular complexity index is 1070. The molecular formula is C18H11Cl2N3O2. The zero-order valence-corrected chi connectivity index (χ0v) is 14.5. The Morgan fingerprint density at radius 2 is 2.04 bits per heavy atom. The fourth-order valence-electron chi connectivity index (χ4n) is 2.28. The van der Waals surface area contributed by atoms with Gasteiger partial charge in [0.15, 0.2) is 0 Å². The van der Waals surface area contributed by atoms with Gasteiger partial charge in [-0.2, -0.15) is 10.4 Å². The number of nitrogens with one attached hydrogen (secondary N) is 1. The maximum absolute atomic E-state index is 11.5. The molecule has 0 spiro atoms. The zero-order chi connectivity index (χ0) is 18.0. The molecule has 0 aliphatic heterocycles. The van der Waals surface area contributed by atoms with Gasteiger partial charge in [-0.15, -0.1) is 0 Å². The van der Waals surface area contributed by atoms with E-state index in [1.807, 2.05) is 6.07 Å². The number of rotatable bonds is 3. The zero-order valence-electron chi connectivity index (χ0n) is 13.0. The second-order valence-corrected chi connectivity index (χ2v) is 6.05. The van der Waals surface area contributed by atoms with Crippen LogP contribution in [-0.4, -0.2) is 10.2 Å². The minimum absolute atomic E-state index is 0.0421. The third-order valence-electron chi connectivity index (χ3n) is 3.60. The van der Waals surface area contributed by atoms with E-state index in [0.29, 0.717) is 38.4 Å². The molecule has 1 aromatic carbocycles. The summed E-state index contributed by atoms with van der Waals surface area (Å²) >= 11 is 12.2. The predicted molar refractivity (Wildman–Crippen MR) is 97.4 cm³/mol. The molecule has 25 heavy (non-hydrogen) atoms. The van der Waals surface area contributed by atoms with Gasteiger partial charge in [-0.25, -0.2) is 5.10 Å². The Morgan fingerprint density at radius 3 is 2.80 bits per heavy atom. The van der Waals surface area contributed by atoms with Gasteiger partial charge >= 0.3 is 0 Å². The average molecular weight is 372 g/mol. The Hall–Kier alpha value is -2.81. The Kier molecular flexibility index (Phi) is 4.75. The molecule has 124 valence electrons. The third kappa shape index (κ3) is 3.50. The summed E-state index contributed by atoms with van der Waals surface area (Å²) in [5, 5.41) is 16.4. The molecule has 2 heterocycles. The monoisotopic (exact) mass is 371 g/mol. The van der Waals surface area contributed by atoms with Crippen molar-refractivity contribution >= 4 is 35.4 Å². The Labute approximate surface area is 153 Å². The van der Waals surface area contributed by atoms with Gasteiger partial charge in [0.25, 0.3) is 5.56 Å². The van der Waals surface area contributed by atoms with E-state index in [2.05, 4.69) is 10.2 Å². The van der Waals surface area contributed by atoms with Crippen molar-refractivity contribution in [1.82, 2.24) is 10.2 Å². The molecule has 0 saturated heterocycles. The van der Waals surface area contributed by atoms with Crippen molar-refractivity contribution in [2.75, 3.05) is 0 Å². The lowest BCUT2D eigenvalue weighted by molar-refractivity contribution is 0.572. The molecule has 3 rings (SSSR count). The van der Waals surface area contributed by atoms with Crippen LogP contribution in [0, 0.1) is 18.3 Å². The van der Waals surface area contributed by atoms with E-state index in [1.54, 1.807) is 49.4 Å². The SMILES string of the molecule is Cc1c(/C=C/c2ccc(-c3cc(Cl)ccc3Cl)o2)n[nH]c(=O)c1C#N. The second-order valence-electron chi connectivity index (χ2n) is 5.21. The molecule has 0 atom stereocenters. The number of furan rings is 1. The molecule has 7 heteroatoms. The Balaban J connectivity index is 1.92. The van der Waals surface area contributed by atoms with E-state index >= 15 is 0 Å². The molecule has 0 amide bonds. The van der Waals surface area contributed by atoms with Crippen molar-refractivity contribution in [2.24, 2.45) is 0 Å². The maximum atomic E-state index is 11.5. The van der Waals surface area contributed by atoms with Crippen molar-refractivity contribution in [3.63, 3.8) is 0 Å². The highest BCUT2D eigenvalue weighted by Gasteiger charge is 2.10. The molecule has 0 radical (unpaired) electrons. The van der Waals surface area contributed by atoms with Gasteiger partial charge in [0.1, 0.15) is 23.2 Å². The first-order chi connectivity index (χ1) is 12.0. The molecule has 3 aromatic rings. The van der Waals surface area contributed by atoms with E-state index < -0.39 is 5.56 Å². The van der Waals surface area contributed by atoms with Crippen molar-refractivity contribution in [3.8, 4) is 17.4 Å². The van der Waals surface area contributed by atoms with E-state index in [1.165, 1.54) is 0 Å². The topological polar surface area (TPSA) is 82.7 Å². The van der Waals surface area contributed by atoms with Crippen molar-refractivity contribution < 1.29 is 4.42 Å². The van der Waals surface area contributed by atoms with Crippen LogP contribution in [0.2, 0.25) is 10.0 Å². The molecule has 0 aliphatic rings. The smallest absolute Gasteiger partial charge is 0.282 e. The quantitative estimate of drug-likeness (QED) is 0.723. The number of aromatic nitrogens is 2. The summed E-state index contributed by atoms with van der Waals surface area (Å²) in [4.78, 5) is 11.5. The van der Waals surface area contributed by atoms with Crippen LogP contribution in [0.3, 0.4) is 0 Å². The highest BCUT2D eigenvalue weighted by molar-refractivity contribution is 6.35. The normalized spacial score (nSPS) is 11.0. The molecule has 0 fully saturated rings. The summed E-state index contributed by atoms with van der Waals surface area (Å²) in [6.45, 7) is 1.67. The van der Waals surface area contributed by atoms with Gasteiger partial charge in [0.2, 0.25) is 0 Å². The number of halogens is 2. The van der Waals surface area contributed by atoms with Gasteiger partial charge in [0.05, 0.1) is 10.7 Å². The number of nitrogens with zero attached hydrogens (tertiary/aromatic N) is 2. The van der Waals surface area contributed by atoms with Crippen LogP contribution >= 0.6 is 23.2 Å². The third-order valence-corrected chi connectivity index (χ3v) is 4.17. The summed E-state index contributed by atoms with van der Waals surface area (Å²) in [5.41, 5.74) is 1.22. The van der Waals surface area contributed by atoms with Gasteiger partial charge in [-0.05, 0) is 55.0 Å². The highest BCUT2D eigenvalue weighted by Crippen LogP contribution is 2.32. The molecule has 5 nitrogen and oxygen atoms in total. The van der Waals surface area contributed by atoms with Gasteiger partial charge in [-0.1, -0.05) is 23.2 Å². The average Bonchev–Trinajstić information content (AvgIpc) is 3.05. The number of hydrogen-bond acceptors (Lipinski definition) is 4. The highest BCUT2D eigenvalue weighted by atomic mass is 35.5. The fraction of sp³-hybridized carbons (Fsp3) is 0.0556. The fourth-order valence-corrected chi connectivity index (χ4v) is 2.66. The molecule has 2 aromatic heterocycles. The Morgan fingerprint density at radius 1 is 1.24 bits per heavy atom. The molecule has 0 aliphatic carbocycles. The maximum Gasteiger partial charge on any atom is 0.282 e. The van der Waals surface area contributed by atoms with Crippen LogP contribution in [0.15, 0.2) is 39.5 Å². The van der Waals surface area contributed by atoms with E-state index in [9.17, 15) is 4.79 Å². The van der Waals surface area contributed by atoms with Crippen LogP contribution in [0.25, 0.3) is 23.5 Å². The molecule has 1 N–H and O–H groups in total. The second kappa shape index (κ2) is 6.98. The predicted octanol–water partition coefficient (Wildman–Crippen LogP) is 4.69. The summed E-state index contributed by atoms with van der Waals surface area (Å²) < 4.78 is 5.75. The minimum Gasteiger partial charge on any atom is -0.457 e. The largest absolute Gasteiger partial charge is 0.457 e. The first-order valence-corrected chi connectivity index (χ1v) is 7.98. The number of hydrogen-bond donors (Lipinski definition) is 1. The van der Waals surface area contributed by atoms with Crippen LogP contribution in [-0.2, 0) is 0 Å². The molecule has 0 unspecified atom stereocenters. The van der Waals surface area contributed by atoms with Crippen LogP contribution in [0.4, 0.5) is 0 Å². The molecule has 0 bridgehead atoms. The minimum atomic E-state index is -0.506. The standard InChI is InChI=1S/C18H11Cl2N3O2/c1-10-14(9-21)18(24)23-22-16(10)6-3-12-4-7-17(25-12)13-8-11(19)2-5-15(13)20/h2-8H,1H3,(H,23,24)/b6-3+. The van der Waals surface area contributed by atoms with Gasteiger partial charge in [0, 0.05) is 10.6 Å². The van der Waals surface area contributed by atoms with Crippen LogP contribution < -0.4 is 5.56 Å². The number of nitriles is 1. The van der Waals surface area contributed by atoms with E-state index in [0.717, 1.165) is 0 Å². The van der Waals surface area contributed by atoms with Gasteiger partial charge in [-0.3, -0.25) is 4.79 Å². The van der Waals surface area contributed by atoms with Crippen molar-refractivity contribution in [1.29, 1.82) is 5.26 Å². The lowest BCUT2D eigenvalue weighted by atomic mass is 10.1. The lowest BCUT2D eigenvalue weighted by Crippen LogP contribution is -2.15. The lowest BCUT2D eigenvalue weighted by Gasteiger charge is -2.01. The van der Waals surface area contributed by atoms with Crippen LogP contribution in [0.1, 0.15) is 22.6 Å². The summed E-state index contributed by atoms with van der Waals surface area (Å²) in [7, 11) is 0. The van der Waals surface area contributed by atoms with Crippen molar-refractivity contribution in [3.05, 3.63) is 73.3 Å². The number of aromatic amines is 1. The summed E-state index contributed by atoms with van der Waals surface area (Å²) in [6, 6.07) is 10.6. The first kappa shape index (κ1) is 17.0. The number of H-pyrrole nitrogens is 1. The summed E-state index contributed by atoms with van der Waals surface area (Å²) in [6.07, 6.45) is 3.35. The first-order valence-electron chi connectivity index (χ1n) is 7.22. The van der Waals surface area contributed by atoms with E-state index in [-0.39, 0.29) is 5.56 Å². The van der Waals surface area contributed by atoms with Crippen LogP contribution in [0.5, 0.6) is 0 Å². The van der Waals surface area contributed by atoms with Crippen molar-refractivity contribution in [2.45, 2.75) is 6.92 Å². The van der Waals surface area contributed by atoms with E-state index in [4.69, 9.17) is 32.9 Å². The summed E-state index contributed by atoms with van der Waals surface area (Å²) in [5.74, 6) is 1.15. The number of benzene rings is 1. The molecule has 0 saturated carbocycles.